The molecule has 4 heteroatoms. The van der Waals surface area contributed by atoms with Gasteiger partial charge in [-0.3, -0.25) is 9.59 Å². The van der Waals surface area contributed by atoms with Crippen LogP contribution in [0.3, 0.4) is 0 Å². The molecule has 0 N–H and O–H groups in total. The van der Waals surface area contributed by atoms with Gasteiger partial charge < -0.3 is 9.80 Å². The summed E-state index contributed by atoms with van der Waals surface area (Å²) < 4.78 is 0. The molecule has 0 bridgehead atoms. The molecule has 2 amide bonds. The standard InChI is InChI=1S/C27H42N2O2/c1-22(2)20-27(31)29-19-11-5-3-4-10-18-28(21-24-14-8-9-15-25(24)29)26(30)17-16-23-12-6-7-13-23/h8-9,14-15,22-23H,3-7,10-13,16-21H2,1-2H3. The van der Waals surface area contributed by atoms with Crippen molar-refractivity contribution in [2.45, 2.75) is 97.4 Å². The second kappa shape index (κ2) is 12.3. The number of benzene rings is 1. The van der Waals surface area contributed by atoms with E-state index in [0.717, 1.165) is 62.4 Å². The van der Waals surface area contributed by atoms with E-state index in [4.69, 9.17) is 0 Å². The summed E-state index contributed by atoms with van der Waals surface area (Å²) in [4.78, 5) is 30.4. The second-order valence-corrected chi connectivity index (χ2v) is 10.0. The Morgan fingerprint density at radius 3 is 2.32 bits per heavy atom. The van der Waals surface area contributed by atoms with Crippen LogP contribution in [0, 0.1) is 11.8 Å². The lowest BCUT2D eigenvalue weighted by molar-refractivity contribution is -0.132. The van der Waals surface area contributed by atoms with Gasteiger partial charge in [0.05, 0.1) is 0 Å². The minimum atomic E-state index is 0.207. The minimum absolute atomic E-state index is 0.207. The van der Waals surface area contributed by atoms with Gasteiger partial charge in [0.2, 0.25) is 11.8 Å². The molecule has 1 fully saturated rings. The van der Waals surface area contributed by atoms with Gasteiger partial charge in [-0.25, -0.2) is 0 Å². The number of amides is 2. The van der Waals surface area contributed by atoms with E-state index in [9.17, 15) is 9.59 Å². The van der Waals surface area contributed by atoms with Crippen molar-refractivity contribution >= 4 is 17.5 Å². The zero-order chi connectivity index (χ0) is 22.1. The van der Waals surface area contributed by atoms with E-state index in [-0.39, 0.29) is 5.91 Å². The van der Waals surface area contributed by atoms with Gasteiger partial charge in [0.25, 0.3) is 0 Å². The molecule has 2 aliphatic rings. The molecule has 0 aromatic heterocycles. The number of rotatable bonds is 5. The van der Waals surface area contributed by atoms with Gasteiger partial charge in [-0.15, -0.1) is 0 Å². The third-order valence-corrected chi connectivity index (χ3v) is 6.93. The molecule has 1 aliphatic carbocycles. The first-order valence-corrected chi connectivity index (χ1v) is 12.7. The predicted molar refractivity (Wildman–Crippen MR) is 128 cm³/mol. The van der Waals surface area contributed by atoms with Crippen LogP contribution in [0.1, 0.15) is 96.5 Å². The van der Waals surface area contributed by atoms with Crippen LogP contribution in [0.15, 0.2) is 24.3 Å². The van der Waals surface area contributed by atoms with Crippen molar-refractivity contribution in [3.63, 3.8) is 0 Å². The lowest BCUT2D eigenvalue weighted by Gasteiger charge is -2.30. The quantitative estimate of drug-likeness (QED) is 0.552. The van der Waals surface area contributed by atoms with Crippen LogP contribution in [-0.2, 0) is 16.1 Å². The molecule has 0 saturated heterocycles. The fraction of sp³-hybridized carbons (Fsp3) is 0.704. The summed E-state index contributed by atoms with van der Waals surface area (Å²) in [7, 11) is 0. The average molecular weight is 427 g/mol. The molecule has 0 radical (unpaired) electrons. The van der Waals surface area contributed by atoms with Crippen LogP contribution in [0.2, 0.25) is 0 Å². The van der Waals surface area contributed by atoms with Crippen molar-refractivity contribution in [3.8, 4) is 0 Å². The third-order valence-electron chi connectivity index (χ3n) is 6.93. The highest BCUT2D eigenvalue weighted by atomic mass is 16.2. The van der Waals surface area contributed by atoms with Crippen LogP contribution in [0.25, 0.3) is 0 Å². The van der Waals surface area contributed by atoms with E-state index < -0.39 is 0 Å². The molecule has 1 aromatic rings. The van der Waals surface area contributed by atoms with Gasteiger partial charge in [0.1, 0.15) is 0 Å². The van der Waals surface area contributed by atoms with E-state index in [2.05, 4.69) is 30.9 Å². The molecule has 4 nitrogen and oxygen atoms in total. The maximum Gasteiger partial charge on any atom is 0.227 e. The normalized spacial score (nSPS) is 19.1. The maximum absolute atomic E-state index is 13.2. The van der Waals surface area contributed by atoms with Gasteiger partial charge in [-0.1, -0.05) is 77.0 Å². The first kappa shape index (κ1) is 23.8. The van der Waals surface area contributed by atoms with Crippen molar-refractivity contribution < 1.29 is 9.59 Å². The van der Waals surface area contributed by atoms with Gasteiger partial charge in [0, 0.05) is 38.2 Å². The first-order valence-electron chi connectivity index (χ1n) is 12.7. The monoisotopic (exact) mass is 426 g/mol. The summed E-state index contributed by atoms with van der Waals surface area (Å²) in [5.41, 5.74) is 2.11. The molecule has 3 rings (SSSR count). The van der Waals surface area contributed by atoms with E-state index in [1.54, 1.807) is 0 Å². The molecule has 0 unspecified atom stereocenters. The Labute approximate surface area is 189 Å². The molecule has 1 aliphatic heterocycles. The Hall–Kier alpha value is -1.84. The predicted octanol–water partition coefficient (Wildman–Crippen LogP) is 6.33. The lowest BCUT2D eigenvalue weighted by Crippen LogP contribution is -2.36. The summed E-state index contributed by atoms with van der Waals surface area (Å²) in [6, 6.07) is 8.23. The number of anilines is 1. The third kappa shape index (κ3) is 7.36. The summed E-state index contributed by atoms with van der Waals surface area (Å²) in [5, 5.41) is 0. The number of hydrogen-bond donors (Lipinski definition) is 0. The van der Waals surface area contributed by atoms with Crippen LogP contribution >= 0.6 is 0 Å². The van der Waals surface area contributed by atoms with Gasteiger partial charge >= 0.3 is 0 Å². The lowest BCUT2D eigenvalue weighted by atomic mass is 10.0. The molecule has 31 heavy (non-hydrogen) atoms. The molecule has 0 atom stereocenters. The molecule has 172 valence electrons. The largest absolute Gasteiger partial charge is 0.338 e. The number of carbonyl (C=O) groups excluding carboxylic acids is 2. The minimum Gasteiger partial charge on any atom is -0.338 e. The summed E-state index contributed by atoms with van der Waals surface area (Å²) in [6.45, 7) is 6.43. The van der Waals surface area contributed by atoms with Crippen LogP contribution in [0.5, 0.6) is 0 Å². The summed E-state index contributed by atoms with van der Waals surface area (Å²) in [5.74, 6) is 1.58. The fourth-order valence-electron chi connectivity index (χ4n) is 5.13. The smallest absolute Gasteiger partial charge is 0.227 e. The number of hydrogen-bond acceptors (Lipinski definition) is 2. The molecular weight excluding hydrogens is 384 g/mol. The average Bonchev–Trinajstić information content (AvgIpc) is 3.25. The van der Waals surface area contributed by atoms with Crippen molar-refractivity contribution in [3.05, 3.63) is 29.8 Å². The van der Waals surface area contributed by atoms with Crippen LogP contribution in [0.4, 0.5) is 5.69 Å². The summed E-state index contributed by atoms with van der Waals surface area (Å²) in [6.07, 6.45) is 13.1. The number of para-hydroxylation sites is 1. The zero-order valence-corrected chi connectivity index (χ0v) is 19.8. The number of fused-ring (bicyclic) bond motifs is 1. The number of carbonyl (C=O) groups is 2. The highest BCUT2D eigenvalue weighted by Gasteiger charge is 2.23. The Morgan fingerprint density at radius 2 is 1.58 bits per heavy atom. The van der Waals surface area contributed by atoms with Gasteiger partial charge in [-0.05, 0) is 42.7 Å². The van der Waals surface area contributed by atoms with E-state index >= 15 is 0 Å². The van der Waals surface area contributed by atoms with Crippen LogP contribution < -0.4 is 4.90 Å². The fourth-order valence-corrected chi connectivity index (χ4v) is 5.13. The Balaban J connectivity index is 1.78. The number of nitrogens with zero attached hydrogens (tertiary/aromatic N) is 2. The van der Waals surface area contributed by atoms with Crippen molar-refractivity contribution in [2.24, 2.45) is 11.8 Å². The molecule has 1 aromatic carbocycles. The van der Waals surface area contributed by atoms with Gasteiger partial charge in [-0.2, -0.15) is 0 Å². The van der Waals surface area contributed by atoms with Crippen molar-refractivity contribution in [2.75, 3.05) is 18.0 Å². The van der Waals surface area contributed by atoms with Crippen molar-refractivity contribution in [1.82, 2.24) is 4.90 Å². The van der Waals surface area contributed by atoms with E-state index in [0.29, 0.717) is 31.2 Å². The Kier molecular flexibility index (Phi) is 9.42. The maximum atomic E-state index is 13.2. The highest BCUT2D eigenvalue weighted by Crippen LogP contribution is 2.30. The summed E-state index contributed by atoms with van der Waals surface area (Å²) >= 11 is 0. The van der Waals surface area contributed by atoms with Crippen LogP contribution in [-0.4, -0.2) is 29.8 Å². The van der Waals surface area contributed by atoms with E-state index in [1.807, 2.05) is 17.0 Å². The Bertz CT molecular complexity index is 709. The highest BCUT2D eigenvalue weighted by molar-refractivity contribution is 5.94. The molecular formula is C27H42N2O2. The SMILES string of the molecule is CC(C)CC(=O)N1CCCCCCCN(C(=O)CCC2CCCC2)Cc2ccccc21. The van der Waals surface area contributed by atoms with Crippen molar-refractivity contribution in [1.29, 1.82) is 0 Å². The second-order valence-electron chi connectivity index (χ2n) is 10.0. The molecule has 1 saturated carbocycles. The zero-order valence-electron chi connectivity index (χ0n) is 19.8. The first-order chi connectivity index (χ1) is 15.0. The molecule has 0 spiro atoms. The van der Waals surface area contributed by atoms with E-state index in [1.165, 1.54) is 32.1 Å². The van der Waals surface area contributed by atoms with Gasteiger partial charge in [0.15, 0.2) is 0 Å². The molecule has 1 heterocycles. The Morgan fingerprint density at radius 1 is 0.903 bits per heavy atom. The topological polar surface area (TPSA) is 40.6 Å².